The number of benzene rings is 1. The van der Waals surface area contributed by atoms with E-state index in [2.05, 4.69) is 10.6 Å². The minimum atomic E-state index is -0.210. The van der Waals surface area contributed by atoms with E-state index in [4.69, 9.17) is 0 Å². The Balaban J connectivity index is 1.86. The van der Waals surface area contributed by atoms with E-state index in [0.717, 1.165) is 31.4 Å². The van der Waals surface area contributed by atoms with E-state index in [-0.39, 0.29) is 24.6 Å². The van der Waals surface area contributed by atoms with Crippen LogP contribution in [0.2, 0.25) is 0 Å². The Hall–Kier alpha value is -1.39. The molecule has 1 heterocycles. The van der Waals surface area contributed by atoms with Crippen LogP contribution in [0.1, 0.15) is 24.8 Å². The van der Waals surface area contributed by atoms with Crippen LogP contribution >= 0.6 is 0 Å². The van der Waals surface area contributed by atoms with Gasteiger partial charge in [-0.2, -0.15) is 0 Å². The van der Waals surface area contributed by atoms with Crippen molar-refractivity contribution in [3.05, 3.63) is 35.9 Å². The van der Waals surface area contributed by atoms with Gasteiger partial charge in [-0.1, -0.05) is 36.8 Å². The molecule has 0 saturated carbocycles. The van der Waals surface area contributed by atoms with Crippen molar-refractivity contribution in [1.29, 1.82) is 0 Å². The summed E-state index contributed by atoms with van der Waals surface area (Å²) >= 11 is 0. The van der Waals surface area contributed by atoms with Gasteiger partial charge in [0.1, 0.15) is 0 Å². The molecule has 4 heteroatoms. The first-order valence-electron chi connectivity index (χ1n) is 6.98. The molecule has 1 amide bonds. The molecular formula is C15H22N2O2. The molecule has 0 aromatic heterocycles. The molecule has 1 aliphatic rings. The molecule has 1 fully saturated rings. The van der Waals surface area contributed by atoms with E-state index in [1.807, 2.05) is 30.3 Å². The van der Waals surface area contributed by atoms with Gasteiger partial charge in [0.15, 0.2) is 0 Å². The number of aliphatic hydroxyl groups excluding tert-OH is 1. The van der Waals surface area contributed by atoms with Gasteiger partial charge < -0.3 is 15.7 Å². The number of carbonyl (C=O) groups excluding carboxylic acids is 1. The topological polar surface area (TPSA) is 61.4 Å². The lowest BCUT2D eigenvalue weighted by Gasteiger charge is -2.25. The normalized spacial score (nSPS) is 20.8. The predicted molar refractivity (Wildman–Crippen MR) is 74.8 cm³/mol. The molecule has 1 aromatic rings. The molecule has 104 valence electrons. The zero-order valence-corrected chi connectivity index (χ0v) is 11.1. The number of hydrogen-bond acceptors (Lipinski definition) is 3. The lowest BCUT2D eigenvalue weighted by Crippen LogP contribution is -2.51. The monoisotopic (exact) mass is 262 g/mol. The fraction of sp³-hybridized carbons (Fsp3) is 0.533. The van der Waals surface area contributed by atoms with Gasteiger partial charge in [0, 0.05) is 0 Å². The summed E-state index contributed by atoms with van der Waals surface area (Å²) in [6, 6.07) is 9.60. The van der Waals surface area contributed by atoms with Gasteiger partial charge in [-0.15, -0.1) is 0 Å². The molecule has 1 aromatic carbocycles. The number of piperidine rings is 1. The van der Waals surface area contributed by atoms with Crippen LogP contribution in [0.25, 0.3) is 0 Å². The summed E-state index contributed by atoms with van der Waals surface area (Å²) in [5.41, 5.74) is 1.12. The molecule has 1 aliphatic heterocycles. The van der Waals surface area contributed by atoms with Gasteiger partial charge >= 0.3 is 0 Å². The van der Waals surface area contributed by atoms with Crippen molar-refractivity contribution >= 4 is 5.91 Å². The summed E-state index contributed by atoms with van der Waals surface area (Å²) in [5, 5.41) is 15.6. The Morgan fingerprint density at radius 1 is 1.37 bits per heavy atom. The second-order valence-electron chi connectivity index (χ2n) is 5.08. The zero-order valence-electron chi connectivity index (χ0n) is 11.1. The third kappa shape index (κ3) is 4.33. The number of rotatable bonds is 5. The van der Waals surface area contributed by atoms with Crippen LogP contribution in [0.3, 0.4) is 0 Å². The first kappa shape index (κ1) is 14.0. The Morgan fingerprint density at radius 3 is 2.79 bits per heavy atom. The quantitative estimate of drug-likeness (QED) is 0.737. The first-order valence-corrected chi connectivity index (χ1v) is 6.98. The highest BCUT2D eigenvalue weighted by Crippen LogP contribution is 2.08. The average Bonchev–Trinajstić information content (AvgIpc) is 2.48. The van der Waals surface area contributed by atoms with Crippen LogP contribution in [0.4, 0.5) is 0 Å². The summed E-state index contributed by atoms with van der Waals surface area (Å²) in [6.07, 6.45) is 3.77. The minimum Gasteiger partial charge on any atom is -0.394 e. The number of hydrogen-bond donors (Lipinski definition) is 3. The second-order valence-corrected chi connectivity index (χ2v) is 5.08. The van der Waals surface area contributed by atoms with E-state index in [0.29, 0.717) is 6.42 Å². The van der Waals surface area contributed by atoms with E-state index in [9.17, 15) is 9.90 Å². The maximum atomic E-state index is 12.1. The highest BCUT2D eigenvalue weighted by atomic mass is 16.3. The third-order valence-electron chi connectivity index (χ3n) is 3.52. The Morgan fingerprint density at radius 2 is 2.16 bits per heavy atom. The average molecular weight is 262 g/mol. The standard InChI is InChI=1S/C15H22N2O2/c18-11-13(10-12-6-2-1-3-7-12)17-15(19)14-8-4-5-9-16-14/h1-3,6-7,13-14,16,18H,4-5,8-11H2,(H,17,19)/t13-,14?/m1/s1. The van der Waals surface area contributed by atoms with Gasteiger partial charge in [-0.05, 0) is 31.4 Å². The van der Waals surface area contributed by atoms with Crippen LogP contribution in [-0.4, -0.2) is 36.2 Å². The van der Waals surface area contributed by atoms with Gasteiger partial charge in [-0.3, -0.25) is 4.79 Å². The number of amides is 1. The summed E-state index contributed by atoms with van der Waals surface area (Å²) < 4.78 is 0. The van der Waals surface area contributed by atoms with Crippen LogP contribution in [0.15, 0.2) is 30.3 Å². The van der Waals surface area contributed by atoms with Crippen molar-refractivity contribution in [3.63, 3.8) is 0 Å². The highest BCUT2D eigenvalue weighted by molar-refractivity contribution is 5.82. The SMILES string of the molecule is O=C(N[C@@H](CO)Cc1ccccc1)C1CCCCN1. The fourth-order valence-corrected chi connectivity index (χ4v) is 2.44. The van der Waals surface area contributed by atoms with E-state index >= 15 is 0 Å². The predicted octanol–water partition coefficient (Wildman–Crippen LogP) is 0.848. The molecule has 19 heavy (non-hydrogen) atoms. The molecule has 0 radical (unpaired) electrons. The number of carbonyl (C=O) groups is 1. The smallest absolute Gasteiger partial charge is 0.237 e. The Bertz CT molecular complexity index is 388. The lowest BCUT2D eigenvalue weighted by atomic mass is 10.0. The summed E-state index contributed by atoms with van der Waals surface area (Å²) in [7, 11) is 0. The zero-order chi connectivity index (χ0) is 13.5. The Labute approximate surface area is 114 Å². The van der Waals surface area contributed by atoms with Crippen molar-refractivity contribution < 1.29 is 9.90 Å². The van der Waals surface area contributed by atoms with Gasteiger partial charge in [0.25, 0.3) is 0 Å². The van der Waals surface area contributed by atoms with Crippen molar-refractivity contribution in [3.8, 4) is 0 Å². The second kappa shape index (κ2) is 7.26. The Kier molecular flexibility index (Phi) is 5.36. The van der Waals surface area contributed by atoms with E-state index in [1.54, 1.807) is 0 Å². The molecule has 2 rings (SSSR count). The first-order chi connectivity index (χ1) is 9.29. The maximum Gasteiger partial charge on any atom is 0.237 e. The molecule has 2 atom stereocenters. The molecule has 4 nitrogen and oxygen atoms in total. The highest BCUT2D eigenvalue weighted by Gasteiger charge is 2.22. The van der Waals surface area contributed by atoms with Gasteiger partial charge in [0.05, 0.1) is 18.7 Å². The fourth-order valence-electron chi connectivity index (χ4n) is 2.44. The van der Waals surface area contributed by atoms with Gasteiger partial charge in [-0.25, -0.2) is 0 Å². The van der Waals surface area contributed by atoms with Crippen LogP contribution < -0.4 is 10.6 Å². The van der Waals surface area contributed by atoms with Crippen molar-refractivity contribution in [2.45, 2.75) is 37.8 Å². The van der Waals surface area contributed by atoms with Crippen molar-refractivity contribution in [2.24, 2.45) is 0 Å². The molecule has 0 aliphatic carbocycles. The van der Waals surface area contributed by atoms with Crippen molar-refractivity contribution in [1.82, 2.24) is 10.6 Å². The summed E-state index contributed by atoms with van der Waals surface area (Å²) in [5.74, 6) is 0.00896. The van der Waals surface area contributed by atoms with Gasteiger partial charge in [0.2, 0.25) is 5.91 Å². The molecule has 0 bridgehead atoms. The van der Waals surface area contributed by atoms with Crippen LogP contribution in [0, 0.1) is 0 Å². The maximum absolute atomic E-state index is 12.1. The summed E-state index contributed by atoms with van der Waals surface area (Å²) in [4.78, 5) is 12.1. The molecule has 1 unspecified atom stereocenters. The van der Waals surface area contributed by atoms with Crippen molar-refractivity contribution in [2.75, 3.05) is 13.2 Å². The third-order valence-corrected chi connectivity index (χ3v) is 3.52. The van der Waals surface area contributed by atoms with E-state index in [1.165, 1.54) is 0 Å². The molecule has 3 N–H and O–H groups in total. The van der Waals surface area contributed by atoms with E-state index < -0.39 is 0 Å². The number of aliphatic hydroxyl groups is 1. The molecule has 0 spiro atoms. The largest absolute Gasteiger partial charge is 0.394 e. The summed E-state index contributed by atoms with van der Waals surface area (Å²) in [6.45, 7) is 0.869. The van der Waals surface area contributed by atoms with Crippen LogP contribution in [0.5, 0.6) is 0 Å². The lowest BCUT2D eigenvalue weighted by molar-refractivity contribution is -0.124. The number of nitrogens with one attached hydrogen (secondary N) is 2. The molecule has 1 saturated heterocycles. The minimum absolute atomic E-state index is 0.00896. The van der Waals surface area contributed by atoms with Crippen LogP contribution in [-0.2, 0) is 11.2 Å². The molecular weight excluding hydrogens is 240 g/mol.